The molecule has 158 valence electrons. The molecule has 0 aliphatic rings. The maximum atomic E-state index is 12.3. The molecule has 0 aromatic carbocycles. The number of amides is 3. The molecule has 0 heterocycles. The van der Waals surface area contributed by atoms with Crippen LogP contribution in [0.5, 0.6) is 0 Å². The lowest BCUT2D eigenvalue weighted by Gasteiger charge is -2.23. The van der Waals surface area contributed by atoms with Crippen molar-refractivity contribution < 1.29 is 44.1 Å². The normalized spacial score (nSPS) is 14.7. The molecule has 4 atom stereocenters. The molecular formula is C14H22N4O9S. The van der Waals surface area contributed by atoms with Gasteiger partial charge in [-0.1, -0.05) is 0 Å². The summed E-state index contributed by atoms with van der Waals surface area (Å²) in [5, 5.41) is 32.6. The predicted molar refractivity (Wildman–Crippen MR) is 95.4 cm³/mol. The Hall–Kier alpha value is -2.87. The third-order valence-electron chi connectivity index (χ3n) is 3.29. The Balaban J connectivity index is 5.14. The van der Waals surface area contributed by atoms with E-state index in [4.69, 9.17) is 21.1 Å². The second-order valence-corrected chi connectivity index (χ2v) is 6.04. The molecule has 0 aliphatic carbocycles. The molecule has 13 nitrogen and oxygen atoms in total. The summed E-state index contributed by atoms with van der Waals surface area (Å²) >= 11 is 3.87. The second-order valence-electron chi connectivity index (χ2n) is 5.68. The van der Waals surface area contributed by atoms with Crippen molar-refractivity contribution in [2.24, 2.45) is 5.73 Å². The van der Waals surface area contributed by atoms with Gasteiger partial charge < -0.3 is 37.0 Å². The summed E-state index contributed by atoms with van der Waals surface area (Å²) < 4.78 is 0. The van der Waals surface area contributed by atoms with Crippen LogP contribution in [0.1, 0.15) is 19.8 Å². The zero-order valence-corrected chi connectivity index (χ0v) is 15.6. The number of nitrogens with one attached hydrogen (secondary N) is 3. The van der Waals surface area contributed by atoms with Gasteiger partial charge in [-0.2, -0.15) is 12.6 Å². The van der Waals surface area contributed by atoms with Crippen molar-refractivity contribution in [1.82, 2.24) is 16.0 Å². The summed E-state index contributed by atoms with van der Waals surface area (Å²) in [6.45, 7) is 1.19. The zero-order chi connectivity index (χ0) is 22.0. The van der Waals surface area contributed by atoms with Crippen molar-refractivity contribution in [1.29, 1.82) is 0 Å². The highest BCUT2D eigenvalue weighted by Gasteiger charge is 2.30. The average Bonchev–Trinajstić information content (AvgIpc) is 2.57. The first-order chi connectivity index (χ1) is 12.9. The summed E-state index contributed by atoms with van der Waals surface area (Å²) in [5.74, 6) is -7.44. The molecule has 0 saturated heterocycles. The number of thiol groups is 1. The van der Waals surface area contributed by atoms with E-state index >= 15 is 0 Å². The summed E-state index contributed by atoms with van der Waals surface area (Å²) in [6.07, 6.45) is -1.62. The summed E-state index contributed by atoms with van der Waals surface area (Å²) in [4.78, 5) is 68.4. The third kappa shape index (κ3) is 9.18. The Kier molecular flexibility index (Phi) is 10.6. The molecular weight excluding hydrogens is 400 g/mol. The van der Waals surface area contributed by atoms with Crippen LogP contribution in [0.15, 0.2) is 0 Å². The van der Waals surface area contributed by atoms with Crippen LogP contribution in [-0.4, -0.2) is 80.9 Å². The van der Waals surface area contributed by atoms with Gasteiger partial charge in [0, 0.05) is 5.75 Å². The van der Waals surface area contributed by atoms with E-state index in [1.807, 2.05) is 5.32 Å². The van der Waals surface area contributed by atoms with E-state index < -0.39 is 72.6 Å². The number of hydrogen-bond acceptors (Lipinski definition) is 8. The van der Waals surface area contributed by atoms with Crippen LogP contribution in [0.4, 0.5) is 0 Å². The first kappa shape index (κ1) is 25.1. The fourth-order valence-electron chi connectivity index (χ4n) is 1.79. The summed E-state index contributed by atoms with van der Waals surface area (Å²) in [5.41, 5.74) is 5.35. The van der Waals surface area contributed by atoms with Gasteiger partial charge in [-0.25, -0.2) is 0 Å². The average molecular weight is 422 g/mol. The number of carbonyl (C=O) groups is 6. The number of nitrogens with two attached hydrogens (primary N) is 1. The number of carboxylic acids is 3. The Morgan fingerprint density at radius 2 is 1.29 bits per heavy atom. The fraction of sp³-hybridized carbons (Fsp3) is 0.571. The van der Waals surface area contributed by atoms with E-state index in [1.54, 1.807) is 0 Å². The van der Waals surface area contributed by atoms with Gasteiger partial charge >= 0.3 is 17.9 Å². The number of aliphatic carboxylic acids is 3. The molecule has 0 rings (SSSR count). The summed E-state index contributed by atoms with van der Waals surface area (Å²) in [7, 11) is 0. The molecule has 0 saturated carbocycles. The molecule has 3 amide bonds. The van der Waals surface area contributed by atoms with Gasteiger partial charge in [0.05, 0.1) is 18.9 Å². The molecule has 28 heavy (non-hydrogen) atoms. The number of hydrogen-bond donors (Lipinski definition) is 8. The minimum atomic E-state index is -1.66. The van der Waals surface area contributed by atoms with Crippen molar-refractivity contribution in [3.8, 4) is 0 Å². The van der Waals surface area contributed by atoms with E-state index in [0.29, 0.717) is 0 Å². The quantitative estimate of drug-likeness (QED) is 0.147. The smallest absolute Gasteiger partial charge is 0.325 e. The Labute approximate surface area is 164 Å². The van der Waals surface area contributed by atoms with E-state index in [-0.39, 0.29) is 5.75 Å². The first-order valence-corrected chi connectivity index (χ1v) is 8.46. The van der Waals surface area contributed by atoms with E-state index in [0.717, 1.165) is 0 Å². The zero-order valence-electron chi connectivity index (χ0n) is 14.7. The maximum absolute atomic E-state index is 12.3. The highest BCUT2D eigenvalue weighted by Crippen LogP contribution is 1.99. The lowest BCUT2D eigenvalue weighted by atomic mass is 10.1. The molecule has 0 aliphatic heterocycles. The van der Waals surface area contributed by atoms with Crippen LogP contribution in [0.3, 0.4) is 0 Å². The first-order valence-electron chi connectivity index (χ1n) is 7.83. The van der Waals surface area contributed by atoms with Crippen molar-refractivity contribution in [2.75, 3.05) is 5.75 Å². The van der Waals surface area contributed by atoms with Crippen molar-refractivity contribution in [3.05, 3.63) is 0 Å². The SMILES string of the molecule is CC(NC(=O)C(CS)NC(=O)C(CC(=O)O)NC(=O)C(N)CC(=O)O)C(=O)O. The van der Waals surface area contributed by atoms with Crippen LogP contribution in [0.25, 0.3) is 0 Å². The van der Waals surface area contributed by atoms with Gasteiger partial charge in [-0.05, 0) is 6.92 Å². The minimum absolute atomic E-state index is 0.254. The standard InChI is InChI=1S/C14H22N4O9S/c1-5(14(26)27)16-13(25)8(4-28)18-12(24)7(3-10(21)22)17-11(23)6(15)2-9(19)20/h5-8,28H,2-4,15H2,1H3,(H,16,25)(H,17,23)(H,18,24)(H,19,20)(H,21,22)(H,26,27). The Morgan fingerprint density at radius 3 is 1.71 bits per heavy atom. The van der Waals surface area contributed by atoms with E-state index in [9.17, 15) is 28.8 Å². The molecule has 14 heteroatoms. The largest absolute Gasteiger partial charge is 0.481 e. The number of carboxylic acid groups (broad SMARTS) is 3. The minimum Gasteiger partial charge on any atom is -0.481 e. The molecule has 0 aromatic rings. The monoisotopic (exact) mass is 422 g/mol. The van der Waals surface area contributed by atoms with Gasteiger partial charge in [-0.15, -0.1) is 0 Å². The Morgan fingerprint density at radius 1 is 0.821 bits per heavy atom. The van der Waals surface area contributed by atoms with Crippen LogP contribution < -0.4 is 21.7 Å². The van der Waals surface area contributed by atoms with Crippen LogP contribution in [-0.2, 0) is 28.8 Å². The molecule has 0 spiro atoms. The van der Waals surface area contributed by atoms with Gasteiger partial charge in [0.15, 0.2) is 0 Å². The van der Waals surface area contributed by atoms with Gasteiger partial charge in [-0.3, -0.25) is 28.8 Å². The van der Waals surface area contributed by atoms with Gasteiger partial charge in [0.25, 0.3) is 0 Å². The van der Waals surface area contributed by atoms with Crippen LogP contribution in [0, 0.1) is 0 Å². The van der Waals surface area contributed by atoms with Gasteiger partial charge in [0.1, 0.15) is 18.1 Å². The molecule has 0 aromatic heterocycles. The predicted octanol–water partition coefficient (Wildman–Crippen LogP) is -3.25. The van der Waals surface area contributed by atoms with Crippen molar-refractivity contribution in [2.45, 2.75) is 43.9 Å². The molecule has 8 N–H and O–H groups in total. The molecule has 0 fully saturated rings. The lowest BCUT2D eigenvalue weighted by Crippen LogP contribution is -2.57. The third-order valence-corrected chi connectivity index (χ3v) is 3.65. The lowest BCUT2D eigenvalue weighted by molar-refractivity contribution is -0.143. The number of carbonyl (C=O) groups excluding carboxylic acids is 3. The fourth-order valence-corrected chi connectivity index (χ4v) is 2.04. The van der Waals surface area contributed by atoms with E-state index in [2.05, 4.69) is 23.3 Å². The van der Waals surface area contributed by atoms with Crippen LogP contribution in [0.2, 0.25) is 0 Å². The molecule has 4 unspecified atom stereocenters. The summed E-state index contributed by atoms with van der Waals surface area (Å²) in [6, 6.07) is -5.76. The van der Waals surface area contributed by atoms with Gasteiger partial charge in [0.2, 0.25) is 17.7 Å². The highest BCUT2D eigenvalue weighted by molar-refractivity contribution is 7.80. The van der Waals surface area contributed by atoms with Crippen molar-refractivity contribution >= 4 is 48.3 Å². The van der Waals surface area contributed by atoms with E-state index in [1.165, 1.54) is 6.92 Å². The topological polar surface area (TPSA) is 225 Å². The maximum Gasteiger partial charge on any atom is 0.325 e. The van der Waals surface area contributed by atoms with Crippen LogP contribution >= 0.6 is 12.6 Å². The number of rotatable bonds is 12. The highest BCUT2D eigenvalue weighted by atomic mass is 32.1. The Bertz CT molecular complexity index is 642. The molecule has 0 bridgehead atoms. The molecule has 0 radical (unpaired) electrons. The second kappa shape index (κ2) is 11.8. The van der Waals surface area contributed by atoms with Crippen molar-refractivity contribution in [3.63, 3.8) is 0 Å².